The molecule has 14 aromatic rings. The molecular formula is C63H38N4O2. The molecule has 0 unspecified atom stereocenters. The molecule has 6 nitrogen and oxygen atoms in total. The molecule has 0 spiro atoms. The molecule has 0 N–H and O–H groups in total. The van der Waals surface area contributed by atoms with E-state index in [4.69, 9.17) is 23.8 Å². The van der Waals surface area contributed by atoms with Gasteiger partial charge in [-0.15, -0.1) is 0 Å². The van der Waals surface area contributed by atoms with Gasteiger partial charge in [-0.3, -0.25) is 0 Å². The van der Waals surface area contributed by atoms with Gasteiger partial charge in [0.1, 0.15) is 22.3 Å². The monoisotopic (exact) mass is 882 g/mol. The first-order valence-electron chi connectivity index (χ1n) is 23.2. The Balaban J connectivity index is 0.908. The normalized spacial score (nSPS) is 11.8. The average molecular weight is 883 g/mol. The highest BCUT2D eigenvalue weighted by atomic mass is 16.3. The van der Waals surface area contributed by atoms with Crippen molar-refractivity contribution in [3.8, 4) is 73.2 Å². The molecule has 0 fully saturated rings. The van der Waals surface area contributed by atoms with Crippen molar-refractivity contribution in [3.63, 3.8) is 0 Å². The summed E-state index contributed by atoms with van der Waals surface area (Å²) in [5.41, 5.74) is 15.8. The van der Waals surface area contributed by atoms with Crippen molar-refractivity contribution in [2.45, 2.75) is 0 Å². The van der Waals surface area contributed by atoms with Crippen LogP contribution in [-0.4, -0.2) is 19.5 Å². The van der Waals surface area contributed by atoms with Crippen LogP contribution in [0.3, 0.4) is 0 Å². The number of benzene rings is 10. The summed E-state index contributed by atoms with van der Waals surface area (Å²) < 4.78 is 15.8. The molecule has 0 bridgehead atoms. The van der Waals surface area contributed by atoms with Crippen LogP contribution in [0.5, 0.6) is 0 Å². The number of aromatic nitrogens is 4. The Bertz CT molecular complexity index is 4290. The molecule has 322 valence electrons. The maximum Gasteiger partial charge on any atom is 0.164 e. The van der Waals surface area contributed by atoms with Gasteiger partial charge in [-0.1, -0.05) is 164 Å². The third kappa shape index (κ3) is 6.53. The molecule has 4 heterocycles. The van der Waals surface area contributed by atoms with Gasteiger partial charge in [-0.2, -0.15) is 0 Å². The summed E-state index contributed by atoms with van der Waals surface area (Å²) in [6, 6.07) is 80.4. The zero-order valence-electron chi connectivity index (χ0n) is 37.0. The fourth-order valence-corrected chi connectivity index (χ4v) is 10.1. The Kier molecular flexibility index (Phi) is 8.79. The van der Waals surface area contributed by atoms with E-state index in [9.17, 15) is 0 Å². The average Bonchev–Trinajstić information content (AvgIpc) is 4.10. The lowest BCUT2D eigenvalue weighted by atomic mass is 9.96. The van der Waals surface area contributed by atoms with E-state index in [0.29, 0.717) is 17.5 Å². The molecule has 6 heteroatoms. The van der Waals surface area contributed by atoms with E-state index >= 15 is 0 Å². The summed E-state index contributed by atoms with van der Waals surface area (Å²) >= 11 is 0. The van der Waals surface area contributed by atoms with E-state index in [1.807, 2.05) is 48.5 Å². The van der Waals surface area contributed by atoms with E-state index in [1.165, 1.54) is 21.9 Å². The van der Waals surface area contributed by atoms with Crippen LogP contribution in [0.1, 0.15) is 0 Å². The van der Waals surface area contributed by atoms with Gasteiger partial charge in [0.05, 0.1) is 11.0 Å². The summed E-state index contributed by atoms with van der Waals surface area (Å²) in [6.07, 6.45) is 0. The third-order valence-corrected chi connectivity index (χ3v) is 13.5. The van der Waals surface area contributed by atoms with Crippen LogP contribution in [-0.2, 0) is 0 Å². The molecule has 0 radical (unpaired) electrons. The van der Waals surface area contributed by atoms with Crippen molar-refractivity contribution < 1.29 is 8.83 Å². The van der Waals surface area contributed by atoms with Gasteiger partial charge in [0, 0.05) is 60.8 Å². The Morgan fingerprint density at radius 3 is 1.51 bits per heavy atom. The Hall–Kier alpha value is -9.39. The van der Waals surface area contributed by atoms with Gasteiger partial charge in [-0.25, -0.2) is 15.0 Å². The van der Waals surface area contributed by atoms with Gasteiger partial charge in [0.15, 0.2) is 17.5 Å². The van der Waals surface area contributed by atoms with Crippen LogP contribution in [0, 0.1) is 0 Å². The lowest BCUT2D eigenvalue weighted by molar-refractivity contribution is 0.668. The van der Waals surface area contributed by atoms with Gasteiger partial charge in [0.2, 0.25) is 0 Å². The SMILES string of the molecule is c1ccc(-c2ccc(-c3nc(-c4ccccc4)nc(-c4cc(-c5ccc6c(c5)oc5cc(-n7c8ccccc8c8cc(-c9ccccc9)ccc87)ccc56)c5c(c4)oc4ccccc45)n3)cc2)cc1. The Morgan fingerprint density at radius 2 is 0.768 bits per heavy atom. The minimum Gasteiger partial charge on any atom is -0.456 e. The maximum absolute atomic E-state index is 6.85. The molecule has 0 aliphatic carbocycles. The molecular weight excluding hydrogens is 845 g/mol. The predicted octanol–water partition coefficient (Wildman–Crippen LogP) is 16.8. The number of rotatable bonds is 7. The number of para-hydroxylation sites is 2. The Labute approximate surface area is 396 Å². The number of nitrogens with zero attached hydrogens (tertiary/aromatic N) is 4. The summed E-state index contributed by atoms with van der Waals surface area (Å²) in [6.45, 7) is 0. The highest BCUT2D eigenvalue weighted by molar-refractivity contribution is 6.15. The smallest absolute Gasteiger partial charge is 0.164 e. The summed E-state index contributed by atoms with van der Waals surface area (Å²) in [5.74, 6) is 1.73. The van der Waals surface area contributed by atoms with Gasteiger partial charge < -0.3 is 13.4 Å². The highest BCUT2D eigenvalue weighted by Crippen LogP contribution is 2.43. The highest BCUT2D eigenvalue weighted by Gasteiger charge is 2.21. The van der Waals surface area contributed by atoms with E-state index in [-0.39, 0.29) is 0 Å². The number of fused-ring (bicyclic) bond motifs is 9. The molecule has 10 aromatic carbocycles. The second kappa shape index (κ2) is 15.6. The van der Waals surface area contributed by atoms with E-state index < -0.39 is 0 Å². The fraction of sp³-hybridized carbons (Fsp3) is 0. The molecule has 0 aliphatic rings. The number of hydrogen-bond donors (Lipinski definition) is 0. The first-order valence-corrected chi connectivity index (χ1v) is 23.2. The summed E-state index contributed by atoms with van der Waals surface area (Å²) in [7, 11) is 0. The van der Waals surface area contributed by atoms with Crippen molar-refractivity contribution in [3.05, 3.63) is 231 Å². The van der Waals surface area contributed by atoms with E-state index in [0.717, 1.165) is 99.5 Å². The van der Waals surface area contributed by atoms with Crippen LogP contribution >= 0.6 is 0 Å². The molecule has 0 atom stereocenters. The first-order chi connectivity index (χ1) is 34.2. The molecule has 0 saturated carbocycles. The zero-order chi connectivity index (χ0) is 45.4. The molecule has 69 heavy (non-hydrogen) atoms. The number of furan rings is 2. The van der Waals surface area contributed by atoms with E-state index in [2.05, 4.69) is 187 Å². The zero-order valence-corrected chi connectivity index (χ0v) is 37.0. The van der Waals surface area contributed by atoms with Crippen LogP contribution in [0.25, 0.3) is 139 Å². The standard InChI is InChI=1S/C63H38N4O2/c1-4-14-39(15-5-1)41-24-26-43(27-25-41)62-64-61(42-18-8-3-9-19-42)65-63(66-62)46-35-52(60-51-21-11-13-23-56(51)68-59(60)37-46)45-28-31-49-50-32-30-47(38-58(50)69-57(49)36-45)67-54-22-12-10-20-48(54)53-34-44(29-33-55(53)67)40-16-6-2-7-17-40/h1-38H. The van der Waals surface area contributed by atoms with E-state index in [1.54, 1.807) is 0 Å². The lowest BCUT2D eigenvalue weighted by Crippen LogP contribution is -2.00. The molecule has 0 amide bonds. The van der Waals surface area contributed by atoms with Gasteiger partial charge in [0.25, 0.3) is 0 Å². The maximum atomic E-state index is 6.85. The first kappa shape index (κ1) is 38.8. The van der Waals surface area contributed by atoms with Crippen molar-refractivity contribution >= 4 is 65.7 Å². The minimum atomic E-state index is 0.549. The summed E-state index contributed by atoms with van der Waals surface area (Å²) in [5, 5.41) is 6.58. The summed E-state index contributed by atoms with van der Waals surface area (Å²) in [4.78, 5) is 15.4. The van der Waals surface area contributed by atoms with Crippen molar-refractivity contribution in [2.24, 2.45) is 0 Å². The molecule has 4 aromatic heterocycles. The van der Waals surface area contributed by atoms with Crippen LogP contribution in [0.2, 0.25) is 0 Å². The number of hydrogen-bond acceptors (Lipinski definition) is 5. The Morgan fingerprint density at radius 1 is 0.275 bits per heavy atom. The van der Waals surface area contributed by atoms with Crippen molar-refractivity contribution in [2.75, 3.05) is 0 Å². The lowest BCUT2D eigenvalue weighted by Gasteiger charge is -2.11. The molecule has 0 saturated heterocycles. The quantitative estimate of drug-likeness (QED) is 0.159. The fourth-order valence-electron chi connectivity index (χ4n) is 10.1. The van der Waals surface area contributed by atoms with Crippen LogP contribution in [0.4, 0.5) is 0 Å². The van der Waals surface area contributed by atoms with Crippen molar-refractivity contribution in [1.29, 1.82) is 0 Å². The second-order valence-corrected chi connectivity index (χ2v) is 17.6. The van der Waals surface area contributed by atoms with Crippen LogP contribution in [0.15, 0.2) is 239 Å². The largest absolute Gasteiger partial charge is 0.456 e. The van der Waals surface area contributed by atoms with Gasteiger partial charge in [-0.05, 0) is 94.0 Å². The predicted molar refractivity (Wildman–Crippen MR) is 281 cm³/mol. The minimum absolute atomic E-state index is 0.549. The molecule has 14 rings (SSSR count). The van der Waals surface area contributed by atoms with Crippen molar-refractivity contribution in [1.82, 2.24) is 19.5 Å². The molecule has 0 aliphatic heterocycles. The van der Waals surface area contributed by atoms with Crippen LogP contribution < -0.4 is 0 Å². The third-order valence-electron chi connectivity index (χ3n) is 13.5. The topological polar surface area (TPSA) is 69.9 Å². The second-order valence-electron chi connectivity index (χ2n) is 17.6. The van der Waals surface area contributed by atoms with Gasteiger partial charge >= 0.3 is 0 Å².